The van der Waals surface area contributed by atoms with Gasteiger partial charge in [-0.05, 0) is 112 Å². The number of imidazole rings is 1. The lowest BCUT2D eigenvalue weighted by molar-refractivity contribution is 0.0557. The molecule has 0 bridgehead atoms. The molecule has 1 aromatic heterocycles. The van der Waals surface area contributed by atoms with E-state index in [0.717, 1.165) is 68.7 Å². The van der Waals surface area contributed by atoms with Crippen molar-refractivity contribution in [3.63, 3.8) is 0 Å². The SMILES string of the molecule is CC(C)C[C@@H]1CC(c2ccc3nc(-c4ccc(S(C)(=O)=O)cc4)n(C4CC4)c3c2F)CCN1C1CCNCC1. The molecule has 2 aliphatic heterocycles. The number of nitrogens with zero attached hydrogens (tertiary/aromatic N) is 3. The molecule has 3 fully saturated rings. The summed E-state index contributed by atoms with van der Waals surface area (Å²) in [4.78, 5) is 7.90. The van der Waals surface area contributed by atoms with Crippen LogP contribution in [0.4, 0.5) is 4.39 Å². The van der Waals surface area contributed by atoms with Crippen LogP contribution in [0.25, 0.3) is 22.4 Å². The van der Waals surface area contributed by atoms with Crippen LogP contribution in [-0.4, -0.2) is 60.8 Å². The molecule has 210 valence electrons. The number of aromatic nitrogens is 2. The van der Waals surface area contributed by atoms with E-state index in [2.05, 4.69) is 28.6 Å². The van der Waals surface area contributed by atoms with Gasteiger partial charge in [-0.1, -0.05) is 19.9 Å². The molecule has 0 radical (unpaired) electrons. The summed E-state index contributed by atoms with van der Waals surface area (Å²) in [6.45, 7) is 7.82. The minimum atomic E-state index is -3.28. The first-order valence-corrected chi connectivity index (χ1v) is 16.6. The van der Waals surface area contributed by atoms with Crippen LogP contribution in [0.15, 0.2) is 41.3 Å². The maximum atomic E-state index is 16.5. The molecule has 2 saturated heterocycles. The first-order valence-electron chi connectivity index (χ1n) is 14.7. The molecule has 3 aliphatic rings. The molecular weight excluding hydrogens is 511 g/mol. The largest absolute Gasteiger partial charge is 0.318 e. The van der Waals surface area contributed by atoms with Crippen LogP contribution in [0.2, 0.25) is 0 Å². The van der Waals surface area contributed by atoms with Gasteiger partial charge in [0.05, 0.1) is 10.4 Å². The molecule has 3 aromatic rings. The van der Waals surface area contributed by atoms with E-state index in [1.165, 1.54) is 19.1 Å². The average Bonchev–Trinajstić information content (AvgIpc) is 3.68. The Kier molecular flexibility index (Phi) is 7.31. The van der Waals surface area contributed by atoms with E-state index in [1.54, 1.807) is 24.3 Å². The second-order valence-electron chi connectivity index (χ2n) is 12.4. The minimum Gasteiger partial charge on any atom is -0.318 e. The molecule has 0 spiro atoms. The van der Waals surface area contributed by atoms with Crippen LogP contribution >= 0.6 is 0 Å². The quantitative estimate of drug-likeness (QED) is 0.394. The van der Waals surface area contributed by atoms with Crippen molar-refractivity contribution in [2.45, 2.75) is 87.7 Å². The van der Waals surface area contributed by atoms with Crippen LogP contribution < -0.4 is 5.32 Å². The van der Waals surface area contributed by atoms with E-state index < -0.39 is 9.84 Å². The van der Waals surface area contributed by atoms with Crippen molar-refractivity contribution in [3.05, 3.63) is 47.8 Å². The third-order valence-corrected chi connectivity index (χ3v) is 10.1. The zero-order valence-corrected chi connectivity index (χ0v) is 24.2. The topological polar surface area (TPSA) is 67.2 Å². The van der Waals surface area contributed by atoms with Crippen molar-refractivity contribution in [3.8, 4) is 11.4 Å². The highest BCUT2D eigenvalue weighted by molar-refractivity contribution is 7.90. The van der Waals surface area contributed by atoms with E-state index in [1.807, 2.05) is 12.1 Å². The fourth-order valence-corrected chi connectivity index (χ4v) is 7.60. The second kappa shape index (κ2) is 10.6. The third kappa shape index (κ3) is 5.40. The van der Waals surface area contributed by atoms with E-state index >= 15 is 4.39 Å². The normalized spacial score (nSPS) is 23.6. The van der Waals surface area contributed by atoms with Crippen molar-refractivity contribution in [1.82, 2.24) is 19.8 Å². The Morgan fingerprint density at radius 3 is 2.36 bits per heavy atom. The predicted molar refractivity (Wildman–Crippen MR) is 154 cm³/mol. The number of fused-ring (bicyclic) bond motifs is 1. The number of piperidine rings is 2. The molecular formula is C31H41FN4O2S. The van der Waals surface area contributed by atoms with Gasteiger partial charge in [-0.15, -0.1) is 0 Å². The fourth-order valence-electron chi connectivity index (χ4n) is 6.97. The number of nitrogens with one attached hydrogen (secondary N) is 1. The molecule has 8 heteroatoms. The lowest BCUT2D eigenvalue weighted by atomic mass is 9.81. The number of hydrogen-bond donors (Lipinski definition) is 1. The maximum absolute atomic E-state index is 16.5. The molecule has 6 rings (SSSR count). The number of sulfone groups is 1. The van der Waals surface area contributed by atoms with Crippen LogP contribution in [0.3, 0.4) is 0 Å². The standard InChI is InChI=1S/C31H41FN4O2S/c1-20(2)18-25-19-22(14-17-35(25)23-12-15-33-16-13-23)27-10-11-28-30(29(27)32)36(24-6-7-24)31(34-28)21-4-8-26(9-5-21)39(3,37)38/h4-5,8-11,20,22-25,33H,6-7,12-19H2,1-3H3/t22?,25-/m1/s1. The number of hydrogen-bond acceptors (Lipinski definition) is 5. The fraction of sp³-hybridized carbons (Fsp3) is 0.581. The van der Waals surface area contributed by atoms with Crippen LogP contribution in [-0.2, 0) is 9.84 Å². The molecule has 3 heterocycles. The Morgan fingerprint density at radius 1 is 1.00 bits per heavy atom. The molecule has 1 saturated carbocycles. The average molecular weight is 553 g/mol. The van der Waals surface area contributed by atoms with Crippen molar-refractivity contribution in [1.29, 1.82) is 0 Å². The third-order valence-electron chi connectivity index (χ3n) is 9.00. The maximum Gasteiger partial charge on any atom is 0.175 e. The van der Waals surface area contributed by atoms with E-state index in [0.29, 0.717) is 29.0 Å². The van der Waals surface area contributed by atoms with Crippen molar-refractivity contribution < 1.29 is 12.8 Å². The minimum absolute atomic E-state index is 0.116. The summed E-state index contributed by atoms with van der Waals surface area (Å²) < 4.78 is 42.5. The van der Waals surface area contributed by atoms with Gasteiger partial charge in [0.15, 0.2) is 15.7 Å². The molecule has 1 aliphatic carbocycles. The smallest absolute Gasteiger partial charge is 0.175 e. The zero-order chi connectivity index (χ0) is 27.3. The van der Waals surface area contributed by atoms with Gasteiger partial charge in [-0.3, -0.25) is 4.90 Å². The summed E-state index contributed by atoms with van der Waals surface area (Å²) in [5, 5.41) is 3.50. The molecule has 1 unspecified atom stereocenters. The number of halogens is 1. The molecule has 39 heavy (non-hydrogen) atoms. The van der Waals surface area contributed by atoms with E-state index in [-0.39, 0.29) is 22.7 Å². The lowest BCUT2D eigenvalue weighted by Crippen LogP contribution is -2.51. The molecule has 2 atom stereocenters. The summed E-state index contributed by atoms with van der Waals surface area (Å²) >= 11 is 0. The monoisotopic (exact) mass is 552 g/mol. The first kappa shape index (κ1) is 26.9. The Labute approximate surface area is 231 Å². The van der Waals surface area contributed by atoms with Gasteiger partial charge in [-0.2, -0.15) is 0 Å². The van der Waals surface area contributed by atoms with Crippen molar-refractivity contribution >= 4 is 20.9 Å². The summed E-state index contributed by atoms with van der Waals surface area (Å²) in [5.41, 5.74) is 2.94. The van der Waals surface area contributed by atoms with Gasteiger partial charge in [-0.25, -0.2) is 17.8 Å². The lowest BCUT2D eigenvalue weighted by Gasteiger charge is -2.46. The van der Waals surface area contributed by atoms with Gasteiger partial charge in [0.1, 0.15) is 11.3 Å². The Bertz CT molecular complexity index is 1440. The molecule has 0 amide bonds. The van der Waals surface area contributed by atoms with Crippen LogP contribution in [0.1, 0.15) is 76.3 Å². The Balaban J connectivity index is 1.34. The molecule has 1 N–H and O–H groups in total. The molecule has 2 aromatic carbocycles. The Hall–Kier alpha value is -2.29. The number of likely N-dealkylation sites (tertiary alicyclic amines) is 1. The van der Waals surface area contributed by atoms with Gasteiger partial charge in [0.2, 0.25) is 0 Å². The van der Waals surface area contributed by atoms with Crippen LogP contribution in [0.5, 0.6) is 0 Å². The van der Waals surface area contributed by atoms with Gasteiger partial charge >= 0.3 is 0 Å². The zero-order valence-electron chi connectivity index (χ0n) is 23.4. The molecule has 6 nitrogen and oxygen atoms in total. The highest BCUT2D eigenvalue weighted by Gasteiger charge is 2.37. The van der Waals surface area contributed by atoms with Gasteiger partial charge < -0.3 is 9.88 Å². The summed E-state index contributed by atoms with van der Waals surface area (Å²) in [5.74, 6) is 1.42. The van der Waals surface area contributed by atoms with Gasteiger partial charge in [0.25, 0.3) is 0 Å². The number of rotatable bonds is 7. The Morgan fingerprint density at radius 2 is 1.72 bits per heavy atom. The first-order chi connectivity index (χ1) is 18.7. The predicted octanol–water partition coefficient (Wildman–Crippen LogP) is 5.93. The van der Waals surface area contributed by atoms with Crippen molar-refractivity contribution in [2.24, 2.45) is 5.92 Å². The van der Waals surface area contributed by atoms with E-state index in [9.17, 15) is 8.42 Å². The van der Waals surface area contributed by atoms with E-state index in [4.69, 9.17) is 4.98 Å². The number of benzene rings is 2. The second-order valence-corrected chi connectivity index (χ2v) is 14.4. The summed E-state index contributed by atoms with van der Waals surface area (Å²) in [6.07, 6.45) is 8.77. The highest BCUT2D eigenvalue weighted by Crippen LogP contribution is 2.44. The summed E-state index contributed by atoms with van der Waals surface area (Å²) in [6, 6.07) is 12.2. The van der Waals surface area contributed by atoms with Crippen molar-refractivity contribution in [2.75, 3.05) is 25.9 Å². The van der Waals surface area contributed by atoms with Crippen LogP contribution in [0, 0.1) is 11.7 Å². The summed E-state index contributed by atoms with van der Waals surface area (Å²) in [7, 11) is -3.28. The van der Waals surface area contributed by atoms with Gasteiger partial charge in [0, 0.05) is 29.9 Å². The highest BCUT2D eigenvalue weighted by atomic mass is 32.2.